The molecule has 2 rings (SSSR count). The van der Waals surface area contributed by atoms with Crippen LogP contribution >= 0.6 is 11.8 Å². The first kappa shape index (κ1) is 19.1. The van der Waals surface area contributed by atoms with Crippen molar-refractivity contribution in [1.29, 1.82) is 0 Å². The van der Waals surface area contributed by atoms with Crippen LogP contribution in [0, 0.1) is 5.92 Å². The van der Waals surface area contributed by atoms with E-state index in [2.05, 4.69) is 46.1 Å². The number of amides is 2. The Labute approximate surface area is 149 Å². The first-order valence-electron chi connectivity index (χ1n) is 8.57. The summed E-state index contributed by atoms with van der Waals surface area (Å²) in [6.45, 7) is 5.07. The maximum absolute atomic E-state index is 11.6. The van der Waals surface area contributed by atoms with Gasteiger partial charge in [0, 0.05) is 31.6 Å². The van der Waals surface area contributed by atoms with Crippen molar-refractivity contribution in [1.82, 2.24) is 15.5 Å². The monoisotopic (exact) mass is 351 g/mol. The van der Waals surface area contributed by atoms with Crippen LogP contribution in [0.2, 0.25) is 0 Å². The Bertz CT molecular complexity index is 505. The molecule has 0 radical (unpaired) electrons. The number of benzene rings is 1. The minimum Gasteiger partial charge on any atom is -0.383 e. The highest BCUT2D eigenvalue weighted by molar-refractivity contribution is 7.98. The summed E-state index contributed by atoms with van der Waals surface area (Å²) in [5.74, 6) is 0.574. The third-order valence-corrected chi connectivity index (χ3v) is 5.27. The van der Waals surface area contributed by atoms with Gasteiger partial charge in [-0.2, -0.15) is 0 Å². The average Bonchev–Trinajstić information content (AvgIpc) is 2.62. The van der Waals surface area contributed by atoms with E-state index < -0.39 is 0 Å². The minimum absolute atomic E-state index is 0.0941. The summed E-state index contributed by atoms with van der Waals surface area (Å²) in [4.78, 5) is 15.5. The molecule has 0 aliphatic carbocycles. The Morgan fingerprint density at radius 2 is 2.04 bits per heavy atom. The van der Waals surface area contributed by atoms with Crippen molar-refractivity contribution in [2.75, 3.05) is 46.2 Å². The number of ether oxygens (including phenoxy) is 1. The first-order chi connectivity index (χ1) is 11.7. The largest absolute Gasteiger partial charge is 0.383 e. The van der Waals surface area contributed by atoms with Crippen LogP contribution in [-0.4, -0.2) is 57.1 Å². The molecule has 0 bridgehead atoms. The number of nitrogens with zero attached hydrogens (tertiary/aromatic N) is 1. The second kappa shape index (κ2) is 10.6. The number of piperidine rings is 1. The summed E-state index contributed by atoms with van der Waals surface area (Å²) in [5, 5.41) is 5.76. The minimum atomic E-state index is -0.0941. The van der Waals surface area contributed by atoms with Crippen molar-refractivity contribution in [3.8, 4) is 0 Å². The molecule has 6 heteroatoms. The lowest BCUT2D eigenvalue weighted by Gasteiger charge is -2.32. The third kappa shape index (κ3) is 6.34. The van der Waals surface area contributed by atoms with Crippen molar-refractivity contribution >= 4 is 17.8 Å². The summed E-state index contributed by atoms with van der Waals surface area (Å²) >= 11 is 1.81. The highest BCUT2D eigenvalue weighted by Crippen LogP contribution is 2.24. The summed E-state index contributed by atoms with van der Waals surface area (Å²) in [7, 11) is 1.63. The standard InChI is InChI=1S/C18H29N3O2S/c1-23-12-9-19-18(22)20-13-15-7-10-21(11-8-15)14-16-5-3-4-6-17(16)24-2/h3-6,15H,7-14H2,1-2H3,(H2,19,20,22). The molecule has 1 aromatic rings. The Kier molecular flexibility index (Phi) is 8.42. The molecule has 1 aromatic carbocycles. The van der Waals surface area contributed by atoms with Crippen LogP contribution in [0.4, 0.5) is 4.79 Å². The highest BCUT2D eigenvalue weighted by atomic mass is 32.2. The molecule has 0 aromatic heterocycles. The molecule has 1 fully saturated rings. The van der Waals surface area contributed by atoms with Gasteiger partial charge in [0.05, 0.1) is 6.61 Å². The van der Waals surface area contributed by atoms with Gasteiger partial charge in [-0.25, -0.2) is 4.79 Å². The summed E-state index contributed by atoms with van der Waals surface area (Å²) in [5.41, 5.74) is 1.42. The number of methoxy groups -OCH3 is 1. The van der Waals surface area contributed by atoms with Crippen molar-refractivity contribution in [2.24, 2.45) is 5.92 Å². The molecule has 1 heterocycles. The van der Waals surface area contributed by atoms with Crippen LogP contribution in [0.3, 0.4) is 0 Å². The normalized spacial score (nSPS) is 16.1. The zero-order chi connectivity index (χ0) is 17.2. The molecule has 1 saturated heterocycles. The van der Waals surface area contributed by atoms with Crippen LogP contribution in [0.25, 0.3) is 0 Å². The molecular formula is C18H29N3O2S. The quantitative estimate of drug-likeness (QED) is 0.558. The van der Waals surface area contributed by atoms with Crippen LogP contribution in [0.5, 0.6) is 0 Å². The van der Waals surface area contributed by atoms with Gasteiger partial charge in [-0.3, -0.25) is 4.90 Å². The third-order valence-electron chi connectivity index (χ3n) is 4.44. The van der Waals surface area contributed by atoms with E-state index in [0.29, 0.717) is 19.1 Å². The molecular weight excluding hydrogens is 322 g/mol. The number of hydrogen-bond donors (Lipinski definition) is 2. The van der Waals surface area contributed by atoms with Crippen LogP contribution in [0.15, 0.2) is 29.2 Å². The predicted molar refractivity (Wildman–Crippen MR) is 99.5 cm³/mol. The van der Waals surface area contributed by atoms with E-state index in [1.807, 2.05) is 11.8 Å². The van der Waals surface area contributed by atoms with E-state index in [1.54, 1.807) is 7.11 Å². The van der Waals surface area contributed by atoms with E-state index in [1.165, 1.54) is 10.5 Å². The zero-order valence-electron chi connectivity index (χ0n) is 14.7. The van der Waals surface area contributed by atoms with E-state index in [0.717, 1.165) is 39.0 Å². The lowest BCUT2D eigenvalue weighted by Crippen LogP contribution is -2.42. The second-order valence-electron chi connectivity index (χ2n) is 6.16. The lowest BCUT2D eigenvalue weighted by molar-refractivity contribution is 0.172. The molecule has 0 atom stereocenters. The van der Waals surface area contributed by atoms with Crippen molar-refractivity contribution < 1.29 is 9.53 Å². The van der Waals surface area contributed by atoms with Gasteiger partial charge >= 0.3 is 6.03 Å². The van der Waals surface area contributed by atoms with E-state index >= 15 is 0 Å². The van der Waals surface area contributed by atoms with E-state index in [4.69, 9.17) is 4.74 Å². The molecule has 2 amide bonds. The van der Waals surface area contributed by atoms with Gasteiger partial charge in [-0.05, 0) is 49.7 Å². The second-order valence-corrected chi connectivity index (χ2v) is 7.01. The van der Waals surface area contributed by atoms with Crippen LogP contribution in [-0.2, 0) is 11.3 Å². The number of likely N-dealkylation sites (tertiary alicyclic amines) is 1. The maximum atomic E-state index is 11.6. The van der Waals surface area contributed by atoms with Gasteiger partial charge in [0.1, 0.15) is 0 Å². The van der Waals surface area contributed by atoms with E-state index in [-0.39, 0.29) is 6.03 Å². The fraction of sp³-hybridized carbons (Fsp3) is 0.611. The van der Waals surface area contributed by atoms with Gasteiger partial charge < -0.3 is 15.4 Å². The fourth-order valence-electron chi connectivity index (χ4n) is 2.99. The fourth-order valence-corrected chi connectivity index (χ4v) is 3.60. The number of carbonyl (C=O) groups is 1. The first-order valence-corrected chi connectivity index (χ1v) is 9.80. The molecule has 1 aliphatic rings. The smallest absolute Gasteiger partial charge is 0.314 e. The van der Waals surface area contributed by atoms with Crippen molar-refractivity contribution in [2.45, 2.75) is 24.3 Å². The number of urea groups is 1. The summed E-state index contributed by atoms with van der Waals surface area (Å²) in [6, 6.07) is 8.55. The molecule has 24 heavy (non-hydrogen) atoms. The van der Waals surface area contributed by atoms with Gasteiger partial charge in [-0.1, -0.05) is 18.2 Å². The molecule has 1 aliphatic heterocycles. The maximum Gasteiger partial charge on any atom is 0.314 e. The Morgan fingerprint density at radius 1 is 1.29 bits per heavy atom. The number of thioether (sulfide) groups is 1. The molecule has 0 saturated carbocycles. The molecule has 5 nitrogen and oxygen atoms in total. The topological polar surface area (TPSA) is 53.6 Å². The summed E-state index contributed by atoms with van der Waals surface area (Å²) in [6.07, 6.45) is 4.41. The predicted octanol–water partition coefficient (Wildman–Crippen LogP) is 2.57. The Morgan fingerprint density at radius 3 is 2.75 bits per heavy atom. The SMILES string of the molecule is COCCNC(=O)NCC1CCN(Cc2ccccc2SC)CC1. The van der Waals surface area contributed by atoms with Gasteiger partial charge in [0.15, 0.2) is 0 Å². The van der Waals surface area contributed by atoms with Crippen LogP contribution in [0.1, 0.15) is 18.4 Å². The molecule has 2 N–H and O–H groups in total. The molecule has 134 valence electrons. The van der Waals surface area contributed by atoms with E-state index in [9.17, 15) is 4.79 Å². The average molecular weight is 352 g/mol. The zero-order valence-corrected chi connectivity index (χ0v) is 15.5. The number of hydrogen-bond acceptors (Lipinski definition) is 4. The number of nitrogens with one attached hydrogen (secondary N) is 2. The lowest BCUT2D eigenvalue weighted by atomic mass is 9.96. The number of rotatable bonds is 8. The van der Waals surface area contributed by atoms with Crippen molar-refractivity contribution in [3.63, 3.8) is 0 Å². The highest BCUT2D eigenvalue weighted by Gasteiger charge is 2.20. The number of carbonyl (C=O) groups excluding carboxylic acids is 1. The Balaban J connectivity index is 1.67. The van der Waals surface area contributed by atoms with Crippen molar-refractivity contribution in [3.05, 3.63) is 29.8 Å². The van der Waals surface area contributed by atoms with Crippen LogP contribution < -0.4 is 10.6 Å². The Hall–Kier alpha value is -1.24. The van der Waals surface area contributed by atoms with Gasteiger partial charge in [0.2, 0.25) is 0 Å². The summed E-state index contributed by atoms with van der Waals surface area (Å²) < 4.78 is 4.91. The van der Waals surface area contributed by atoms with Gasteiger partial charge in [-0.15, -0.1) is 11.8 Å². The molecule has 0 unspecified atom stereocenters. The van der Waals surface area contributed by atoms with Gasteiger partial charge in [0.25, 0.3) is 0 Å². The molecule has 0 spiro atoms.